The zero-order valence-electron chi connectivity index (χ0n) is 21.3. The first-order chi connectivity index (χ1) is 18.3. The summed E-state index contributed by atoms with van der Waals surface area (Å²) in [4.78, 5) is 57.5. The van der Waals surface area contributed by atoms with Gasteiger partial charge < -0.3 is 10.6 Å². The van der Waals surface area contributed by atoms with Crippen LogP contribution in [0.1, 0.15) is 50.6 Å². The lowest BCUT2D eigenvalue weighted by Crippen LogP contribution is -2.42. The SMILES string of the molecule is CC(=O)NC1=C(SC2=C(NC(C)=O)CC(C)([N+](=O)[O-])C(c3nccs3)=C2)C=C(c2nccs2)C(C)([N+](=O)[O-])C1. The fraction of sp³-hybridized carbons (Fsp3) is 0.333. The number of carbonyl (C=O) groups is 2. The van der Waals surface area contributed by atoms with Crippen LogP contribution in [0.25, 0.3) is 11.1 Å². The maximum Gasteiger partial charge on any atom is 0.252 e. The quantitative estimate of drug-likeness (QED) is 0.336. The molecule has 0 saturated heterocycles. The molecule has 0 radical (unpaired) electrons. The number of nitro groups is 2. The molecule has 2 amide bonds. The van der Waals surface area contributed by atoms with E-state index in [1.165, 1.54) is 50.4 Å². The van der Waals surface area contributed by atoms with Gasteiger partial charge in [0.1, 0.15) is 10.0 Å². The highest BCUT2D eigenvalue weighted by Crippen LogP contribution is 2.49. The molecular formula is C24H24N6O6S3. The zero-order chi connectivity index (χ0) is 28.5. The molecule has 2 unspecified atom stereocenters. The van der Waals surface area contributed by atoms with Gasteiger partial charge in [-0.05, 0) is 12.2 Å². The van der Waals surface area contributed by atoms with Gasteiger partial charge >= 0.3 is 0 Å². The van der Waals surface area contributed by atoms with E-state index in [9.17, 15) is 29.8 Å². The standard InChI is InChI=1S/C24H24N6O6S3/c1-13(31)27-17-11-23(3,29(33)34)15(21-25-5-7-37-21)9-19(17)39-20-10-16(22-26-6-8-38-22)24(4,30(35)36)12-18(20)28-14(2)32/h5-10H,11-12H2,1-4H3,(H,27,31)(H,28,32). The van der Waals surface area contributed by atoms with Crippen LogP contribution >= 0.6 is 34.4 Å². The van der Waals surface area contributed by atoms with Gasteiger partial charge in [0.05, 0.1) is 24.0 Å². The van der Waals surface area contributed by atoms with E-state index in [4.69, 9.17) is 0 Å². The van der Waals surface area contributed by atoms with Crippen molar-refractivity contribution >= 4 is 57.4 Å². The summed E-state index contributed by atoms with van der Waals surface area (Å²) >= 11 is 3.67. The first-order valence-corrected chi connectivity index (χ1v) is 14.1. The minimum atomic E-state index is -1.56. The largest absolute Gasteiger partial charge is 0.329 e. The maximum absolute atomic E-state index is 12.3. The van der Waals surface area contributed by atoms with Gasteiger partial charge in [-0.15, -0.1) is 22.7 Å². The van der Waals surface area contributed by atoms with Gasteiger partial charge in [-0.2, -0.15) is 0 Å². The van der Waals surface area contributed by atoms with E-state index in [2.05, 4.69) is 20.6 Å². The van der Waals surface area contributed by atoms with Crippen molar-refractivity contribution in [3.63, 3.8) is 0 Å². The predicted molar refractivity (Wildman–Crippen MR) is 149 cm³/mol. The molecule has 39 heavy (non-hydrogen) atoms. The molecule has 2 aliphatic rings. The predicted octanol–water partition coefficient (Wildman–Crippen LogP) is 4.37. The molecule has 0 aromatic carbocycles. The van der Waals surface area contributed by atoms with Crippen molar-refractivity contribution in [2.45, 2.75) is 51.6 Å². The van der Waals surface area contributed by atoms with Crippen molar-refractivity contribution in [1.29, 1.82) is 0 Å². The molecule has 0 saturated carbocycles. The summed E-state index contributed by atoms with van der Waals surface area (Å²) in [6.07, 6.45) is 6.12. The lowest BCUT2D eigenvalue weighted by atomic mass is 9.83. The Balaban J connectivity index is 1.91. The molecule has 2 heterocycles. The van der Waals surface area contributed by atoms with Gasteiger partial charge in [-0.25, -0.2) is 9.97 Å². The fourth-order valence-electron chi connectivity index (χ4n) is 4.36. The average Bonchev–Trinajstić information content (AvgIpc) is 3.56. The van der Waals surface area contributed by atoms with Crippen molar-refractivity contribution in [3.05, 3.63) is 86.8 Å². The number of thiazole rings is 2. The highest BCUT2D eigenvalue weighted by atomic mass is 32.2. The Hall–Kier alpha value is -3.69. The highest BCUT2D eigenvalue weighted by Gasteiger charge is 2.49. The number of hydrogen-bond acceptors (Lipinski definition) is 11. The summed E-state index contributed by atoms with van der Waals surface area (Å²) in [5.74, 6) is -0.806. The molecule has 204 valence electrons. The number of hydrogen-bond donors (Lipinski definition) is 2. The minimum Gasteiger partial charge on any atom is -0.329 e. The number of allylic oxidation sites excluding steroid dienone is 2. The minimum absolute atomic E-state index is 0.119. The maximum atomic E-state index is 12.3. The van der Waals surface area contributed by atoms with Crippen LogP contribution in [0, 0.1) is 20.2 Å². The molecule has 12 nitrogen and oxygen atoms in total. The van der Waals surface area contributed by atoms with E-state index in [0.29, 0.717) is 42.4 Å². The summed E-state index contributed by atoms with van der Waals surface area (Å²) in [6.45, 7) is 5.58. The molecule has 0 spiro atoms. The van der Waals surface area contributed by atoms with Crippen molar-refractivity contribution in [2.75, 3.05) is 0 Å². The second-order valence-corrected chi connectivity index (χ2v) is 12.2. The third-order valence-corrected chi connectivity index (χ3v) is 9.13. The summed E-state index contributed by atoms with van der Waals surface area (Å²) in [5.41, 5.74) is -1.73. The Labute approximate surface area is 235 Å². The van der Waals surface area contributed by atoms with Crippen LogP contribution in [0.3, 0.4) is 0 Å². The van der Waals surface area contributed by atoms with E-state index in [1.807, 2.05) is 0 Å². The molecule has 0 bridgehead atoms. The van der Waals surface area contributed by atoms with Crippen LogP contribution in [0.4, 0.5) is 0 Å². The topological polar surface area (TPSA) is 170 Å². The molecule has 2 aromatic heterocycles. The van der Waals surface area contributed by atoms with Crippen molar-refractivity contribution in [2.24, 2.45) is 0 Å². The van der Waals surface area contributed by atoms with Crippen LogP contribution < -0.4 is 10.6 Å². The summed E-state index contributed by atoms with van der Waals surface area (Å²) in [5, 5.41) is 34.3. The molecule has 2 aromatic rings. The third kappa shape index (κ3) is 5.55. The van der Waals surface area contributed by atoms with Gasteiger partial charge in [-0.3, -0.25) is 29.8 Å². The van der Waals surface area contributed by atoms with Gasteiger partial charge in [0.25, 0.3) is 11.1 Å². The summed E-state index contributed by atoms with van der Waals surface area (Å²) in [6, 6.07) is 0. The lowest BCUT2D eigenvalue weighted by molar-refractivity contribution is -0.546. The van der Waals surface area contributed by atoms with Crippen molar-refractivity contribution < 1.29 is 19.4 Å². The number of thioether (sulfide) groups is 1. The summed E-state index contributed by atoms with van der Waals surface area (Å²) in [7, 11) is 0. The van der Waals surface area contributed by atoms with Crippen LogP contribution in [-0.2, 0) is 9.59 Å². The molecule has 15 heteroatoms. The molecule has 0 fully saturated rings. The molecule has 0 aliphatic heterocycles. The number of carbonyl (C=O) groups excluding carboxylic acids is 2. The number of nitrogens with one attached hydrogen (secondary N) is 2. The van der Waals surface area contributed by atoms with Gasteiger partial charge in [0.2, 0.25) is 11.8 Å². The van der Waals surface area contributed by atoms with Crippen molar-refractivity contribution in [3.8, 4) is 0 Å². The molecule has 2 N–H and O–H groups in total. The Bertz CT molecular complexity index is 1370. The second kappa shape index (κ2) is 10.8. The number of aromatic nitrogens is 2. The zero-order valence-corrected chi connectivity index (χ0v) is 23.8. The van der Waals surface area contributed by atoms with Crippen LogP contribution in [0.15, 0.2) is 56.5 Å². The van der Waals surface area contributed by atoms with E-state index >= 15 is 0 Å². The normalized spacial score (nSPS) is 23.2. The van der Waals surface area contributed by atoms with E-state index in [1.54, 1.807) is 35.3 Å². The Morgan fingerprint density at radius 1 is 0.846 bits per heavy atom. The Morgan fingerprint density at radius 3 is 1.51 bits per heavy atom. The molecule has 4 rings (SSSR count). The molecule has 2 aliphatic carbocycles. The van der Waals surface area contributed by atoms with E-state index < -0.39 is 32.7 Å². The van der Waals surface area contributed by atoms with Gasteiger partial charge in [0, 0.05) is 81.9 Å². The van der Waals surface area contributed by atoms with Gasteiger partial charge in [-0.1, -0.05) is 11.8 Å². The molecular weight excluding hydrogens is 565 g/mol. The summed E-state index contributed by atoms with van der Waals surface area (Å²) < 4.78 is 0. The fourth-order valence-corrected chi connectivity index (χ4v) is 7.00. The average molecular weight is 589 g/mol. The van der Waals surface area contributed by atoms with E-state index in [-0.39, 0.29) is 12.8 Å². The first kappa shape index (κ1) is 28.3. The van der Waals surface area contributed by atoms with E-state index in [0.717, 1.165) is 11.8 Å². The highest BCUT2D eigenvalue weighted by molar-refractivity contribution is 8.07. The second-order valence-electron chi connectivity index (χ2n) is 9.36. The first-order valence-electron chi connectivity index (χ1n) is 11.6. The third-order valence-electron chi connectivity index (χ3n) is 6.35. The van der Waals surface area contributed by atoms with Crippen LogP contribution in [0.5, 0.6) is 0 Å². The number of rotatable bonds is 8. The lowest BCUT2D eigenvalue weighted by Gasteiger charge is -2.32. The smallest absolute Gasteiger partial charge is 0.252 e. The Kier molecular flexibility index (Phi) is 7.86. The number of amides is 2. The monoisotopic (exact) mass is 588 g/mol. The Morgan fingerprint density at radius 2 is 1.23 bits per heavy atom. The van der Waals surface area contributed by atoms with Crippen LogP contribution in [0.2, 0.25) is 0 Å². The van der Waals surface area contributed by atoms with Crippen LogP contribution in [-0.4, -0.2) is 42.7 Å². The van der Waals surface area contributed by atoms with Gasteiger partial charge in [0.15, 0.2) is 0 Å². The molecule has 2 atom stereocenters. The number of nitrogens with zero attached hydrogens (tertiary/aromatic N) is 4. The van der Waals surface area contributed by atoms with Crippen molar-refractivity contribution in [1.82, 2.24) is 20.6 Å².